The molecule has 1 aliphatic carbocycles. The highest BCUT2D eigenvalue weighted by atomic mass is 15.4. The largest absolute Gasteiger partial charge is 0.331 e. The molecule has 1 unspecified atom stereocenters. The van der Waals surface area contributed by atoms with Crippen LogP contribution in [0.15, 0.2) is 37.1 Å². The number of nitrogens with zero attached hydrogens (tertiary/aromatic N) is 5. The van der Waals surface area contributed by atoms with Crippen LogP contribution in [0.25, 0.3) is 0 Å². The quantitative estimate of drug-likeness (QED) is 0.803. The molecule has 5 heteroatoms. The van der Waals surface area contributed by atoms with E-state index in [2.05, 4.69) is 33.6 Å². The van der Waals surface area contributed by atoms with Crippen LogP contribution in [-0.4, -0.2) is 24.5 Å². The highest BCUT2D eigenvalue weighted by Crippen LogP contribution is 2.20. The summed E-state index contributed by atoms with van der Waals surface area (Å²) in [4.78, 5) is 4.04. The number of hydrogen-bond donors (Lipinski definition) is 0. The smallest absolute Gasteiger partial charge is 0.102 e. The van der Waals surface area contributed by atoms with Crippen molar-refractivity contribution in [1.29, 1.82) is 0 Å². The standard InChI is InChI=1S/C15H21N5/c1-2-4-6-14(7-5-3-1)10-20-12-15(17-18-20)11-19-9-8-16-13-19/h1-2,8-9,12-14H,3-7,10-11H2/b2-1-. The first-order valence-electron chi connectivity index (χ1n) is 7.40. The molecule has 0 saturated carbocycles. The zero-order chi connectivity index (χ0) is 13.6. The SMILES string of the molecule is C1=C\CCC(Cn2cc(Cn3ccnc3)nn2)CCC/1. The second-order valence-electron chi connectivity index (χ2n) is 5.51. The van der Waals surface area contributed by atoms with Crippen molar-refractivity contribution in [2.24, 2.45) is 5.92 Å². The van der Waals surface area contributed by atoms with Crippen LogP contribution < -0.4 is 0 Å². The van der Waals surface area contributed by atoms with E-state index < -0.39 is 0 Å². The molecule has 2 aromatic heterocycles. The van der Waals surface area contributed by atoms with Gasteiger partial charge in [-0.15, -0.1) is 5.10 Å². The lowest BCUT2D eigenvalue weighted by atomic mass is 9.94. The van der Waals surface area contributed by atoms with E-state index in [1.807, 2.05) is 15.4 Å². The summed E-state index contributed by atoms with van der Waals surface area (Å²) >= 11 is 0. The van der Waals surface area contributed by atoms with Gasteiger partial charge in [-0.1, -0.05) is 17.4 Å². The second-order valence-corrected chi connectivity index (χ2v) is 5.51. The minimum atomic E-state index is 0.725. The minimum Gasteiger partial charge on any atom is -0.331 e. The van der Waals surface area contributed by atoms with E-state index in [-0.39, 0.29) is 0 Å². The Morgan fingerprint density at radius 2 is 2.15 bits per heavy atom. The van der Waals surface area contributed by atoms with Crippen molar-refractivity contribution < 1.29 is 0 Å². The van der Waals surface area contributed by atoms with Crippen LogP contribution in [0, 0.1) is 5.92 Å². The summed E-state index contributed by atoms with van der Waals surface area (Å²) in [6.45, 7) is 1.73. The maximum atomic E-state index is 4.26. The number of aromatic nitrogens is 5. The van der Waals surface area contributed by atoms with Crippen molar-refractivity contribution in [2.45, 2.75) is 45.2 Å². The van der Waals surface area contributed by atoms with Gasteiger partial charge in [-0.3, -0.25) is 4.68 Å². The van der Waals surface area contributed by atoms with Gasteiger partial charge in [0, 0.05) is 18.9 Å². The average Bonchev–Trinajstić information content (AvgIpc) is 3.05. The van der Waals surface area contributed by atoms with E-state index in [1.165, 1.54) is 32.1 Å². The fraction of sp³-hybridized carbons (Fsp3) is 0.533. The Kier molecular flexibility index (Phi) is 4.25. The number of imidazole rings is 1. The molecule has 106 valence electrons. The molecular weight excluding hydrogens is 250 g/mol. The lowest BCUT2D eigenvalue weighted by molar-refractivity contribution is 0.357. The normalized spacial score (nSPS) is 21.3. The van der Waals surface area contributed by atoms with E-state index in [9.17, 15) is 0 Å². The van der Waals surface area contributed by atoms with E-state index in [4.69, 9.17) is 0 Å². The highest BCUT2D eigenvalue weighted by molar-refractivity contribution is 4.95. The van der Waals surface area contributed by atoms with Crippen molar-refractivity contribution in [1.82, 2.24) is 24.5 Å². The van der Waals surface area contributed by atoms with Gasteiger partial charge in [0.2, 0.25) is 0 Å². The Bertz CT molecular complexity index is 540. The van der Waals surface area contributed by atoms with E-state index in [0.717, 1.165) is 24.7 Å². The lowest BCUT2D eigenvalue weighted by Gasteiger charge is -2.16. The minimum absolute atomic E-state index is 0.725. The molecule has 5 nitrogen and oxygen atoms in total. The summed E-state index contributed by atoms with van der Waals surface area (Å²) in [6, 6.07) is 0. The van der Waals surface area contributed by atoms with Crippen LogP contribution in [0.2, 0.25) is 0 Å². The molecule has 2 heterocycles. The Morgan fingerprint density at radius 3 is 3.05 bits per heavy atom. The first-order valence-corrected chi connectivity index (χ1v) is 7.40. The van der Waals surface area contributed by atoms with E-state index in [1.54, 1.807) is 12.5 Å². The van der Waals surface area contributed by atoms with Crippen molar-refractivity contribution in [3.63, 3.8) is 0 Å². The summed E-state index contributed by atoms with van der Waals surface area (Å²) in [5, 5.41) is 8.51. The van der Waals surface area contributed by atoms with Gasteiger partial charge in [0.1, 0.15) is 5.69 Å². The summed E-state index contributed by atoms with van der Waals surface area (Å²) in [5.41, 5.74) is 0.994. The number of hydrogen-bond acceptors (Lipinski definition) is 3. The van der Waals surface area contributed by atoms with Gasteiger partial charge in [0.15, 0.2) is 0 Å². The Balaban J connectivity index is 1.57. The maximum absolute atomic E-state index is 4.26. The molecular formula is C15H21N5. The molecule has 0 spiro atoms. The first-order chi connectivity index (χ1) is 9.90. The molecule has 0 aromatic carbocycles. The molecule has 0 saturated heterocycles. The molecule has 2 aromatic rings. The molecule has 1 aliphatic rings. The van der Waals surface area contributed by atoms with Crippen LogP contribution in [-0.2, 0) is 13.1 Å². The molecule has 0 aliphatic heterocycles. The number of rotatable bonds is 4. The molecule has 3 rings (SSSR count). The number of allylic oxidation sites excluding steroid dienone is 2. The van der Waals surface area contributed by atoms with Crippen LogP contribution in [0.5, 0.6) is 0 Å². The molecule has 0 fully saturated rings. The first kappa shape index (κ1) is 13.1. The van der Waals surface area contributed by atoms with E-state index in [0.29, 0.717) is 0 Å². The Labute approximate surface area is 119 Å². The summed E-state index contributed by atoms with van der Waals surface area (Å²) in [5.74, 6) is 0.725. The molecule has 1 atom stereocenters. The van der Waals surface area contributed by atoms with Gasteiger partial charge in [-0.05, 0) is 38.0 Å². The predicted molar refractivity (Wildman–Crippen MR) is 77.1 cm³/mol. The average molecular weight is 271 g/mol. The monoisotopic (exact) mass is 271 g/mol. The van der Waals surface area contributed by atoms with Gasteiger partial charge >= 0.3 is 0 Å². The van der Waals surface area contributed by atoms with Gasteiger partial charge in [0.25, 0.3) is 0 Å². The molecule has 0 bridgehead atoms. The third-order valence-electron chi connectivity index (χ3n) is 3.83. The van der Waals surface area contributed by atoms with E-state index >= 15 is 0 Å². The Hall–Kier alpha value is -1.91. The summed E-state index contributed by atoms with van der Waals surface area (Å²) < 4.78 is 4.01. The van der Waals surface area contributed by atoms with Crippen LogP contribution in [0.3, 0.4) is 0 Å². The van der Waals surface area contributed by atoms with Crippen molar-refractivity contribution >= 4 is 0 Å². The fourth-order valence-corrected chi connectivity index (χ4v) is 2.75. The van der Waals surface area contributed by atoms with Crippen molar-refractivity contribution in [3.8, 4) is 0 Å². The predicted octanol–water partition coefficient (Wildman–Crippen LogP) is 2.66. The third-order valence-corrected chi connectivity index (χ3v) is 3.83. The lowest BCUT2D eigenvalue weighted by Crippen LogP contribution is -2.12. The Morgan fingerprint density at radius 1 is 1.20 bits per heavy atom. The van der Waals surface area contributed by atoms with Crippen LogP contribution in [0.1, 0.15) is 37.8 Å². The summed E-state index contributed by atoms with van der Waals surface area (Å²) in [6.07, 6.45) is 18.5. The molecule has 0 amide bonds. The third kappa shape index (κ3) is 3.56. The van der Waals surface area contributed by atoms with Gasteiger partial charge in [0.05, 0.1) is 19.1 Å². The molecule has 20 heavy (non-hydrogen) atoms. The van der Waals surface area contributed by atoms with Crippen LogP contribution in [0.4, 0.5) is 0 Å². The molecule has 0 radical (unpaired) electrons. The zero-order valence-electron chi connectivity index (χ0n) is 11.7. The topological polar surface area (TPSA) is 48.5 Å². The van der Waals surface area contributed by atoms with Gasteiger partial charge in [-0.25, -0.2) is 4.98 Å². The zero-order valence-corrected chi connectivity index (χ0v) is 11.7. The fourth-order valence-electron chi connectivity index (χ4n) is 2.75. The van der Waals surface area contributed by atoms with Crippen LogP contribution >= 0.6 is 0 Å². The van der Waals surface area contributed by atoms with Gasteiger partial charge in [-0.2, -0.15) is 0 Å². The highest BCUT2D eigenvalue weighted by Gasteiger charge is 2.11. The maximum Gasteiger partial charge on any atom is 0.102 e. The second kappa shape index (κ2) is 6.50. The van der Waals surface area contributed by atoms with Crippen molar-refractivity contribution in [2.75, 3.05) is 0 Å². The summed E-state index contributed by atoms with van der Waals surface area (Å²) in [7, 11) is 0. The molecule has 0 N–H and O–H groups in total. The van der Waals surface area contributed by atoms with Crippen molar-refractivity contribution in [3.05, 3.63) is 42.8 Å². The van der Waals surface area contributed by atoms with Gasteiger partial charge < -0.3 is 4.57 Å².